The lowest BCUT2D eigenvalue weighted by atomic mass is 9.94. The van der Waals surface area contributed by atoms with E-state index in [1.807, 2.05) is 17.8 Å². The van der Waals surface area contributed by atoms with Crippen LogP contribution in [0.4, 0.5) is 0 Å². The molecular formula is C22H28N2. The maximum atomic E-state index is 4.65. The topological polar surface area (TPSA) is 17.8 Å². The highest BCUT2D eigenvalue weighted by Gasteiger charge is 2.13. The van der Waals surface area contributed by atoms with Gasteiger partial charge in [0.1, 0.15) is 0 Å². The average molecular weight is 320 g/mol. The van der Waals surface area contributed by atoms with Gasteiger partial charge in [0.15, 0.2) is 0 Å². The van der Waals surface area contributed by atoms with Crippen LogP contribution in [-0.2, 0) is 19.9 Å². The summed E-state index contributed by atoms with van der Waals surface area (Å²) in [6.45, 7) is 14.3. The van der Waals surface area contributed by atoms with Crippen molar-refractivity contribution in [2.75, 3.05) is 0 Å². The van der Waals surface area contributed by atoms with Crippen LogP contribution in [0, 0.1) is 0 Å². The molecule has 0 aliphatic heterocycles. The Hall–Kier alpha value is -2.35. The van der Waals surface area contributed by atoms with Crippen LogP contribution in [0.15, 0.2) is 61.8 Å². The Bertz CT molecular complexity index is 734. The second kappa shape index (κ2) is 8.49. The van der Waals surface area contributed by atoms with Gasteiger partial charge in [0.25, 0.3) is 0 Å². The molecule has 2 rings (SSSR count). The molecule has 0 spiro atoms. The Morgan fingerprint density at radius 1 is 1.17 bits per heavy atom. The van der Waals surface area contributed by atoms with E-state index in [0.29, 0.717) is 0 Å². The van der Waals surface area contributed by atoms with Gasteiger partial charge in [0, 0.05) is 25.2 Å². The van der Waals surface area contributed by atoms with Gasteiger partial charge in [-0.05, 0) is 42.4 Å². The molecule has 126 valence electrons. The molecule has 1 aromatic heterocycles. The zero-order valence-corrected chi connectivity index (χ0v) is 15.0. The van der Waals surface area contributed by atoms with E-state index < -0.39 is 0 Å². The molecule has 0 unspecified atom stereocenters. The fraction of sp³-hybridized carbons (Fsp3) is 0.318. The summed E-state index contributed by atoms with van der Waals surface area (Å²) in [6.07, 6.45) is 8.80. The molecule has 2 nitrogen and oxygen atoms in total. The van der Waals surface area contributed by atoms with Crippen molar-refractivity contribution in [1.82, 2.24) is 9.78 Å². The largest absolute Gasteiger partial charge is 0.275 e. The highest BCUT2D eigenvalue weighted by Crippen LogP contribution is 2.26. The van der Waals surface area contributed by atoms with Crippen LogP contribution in [0.5, 0.6) is 0 Å². The Labute approximate surface area is 146 Å². The number of aryl methyl sites for hydroxylation is 2. The van der Waals surface area contributed by atoms with Crippen LogP contribution < -0.4 is 0 Å². The SMILES string of the molecule is C=CCCc1ccccc1Cc1cn(C)nc1C(=C)CC(=C)CC. The second-order valence-electron chi connectivity index (χ2n) is 6.33. The van der Waals surface area contributed by atoms with Crippen molar-refractivity contribution in [3.05, 3.63) is 84.2 Å². The summed E-state index contributed by atoms with van der Waals surface area (Å²) in [7, 11) is 1.97. The van der Waals surface area contributed by atoms with Gasteiger partial charge in [-0.1, -0.05) is 56.0 Å². The van der Waals surface area contributed by atoms with Crippen LogP contribution in [0.25, 0.3) is 5.57 Å². The van der Waals surface area contributed by atoms with Gasteiger partial charge in [-0.3, -0.25) is 4.68 Å². The van der Waals surface area contributed by atoms with Crippen molar-refractivity contribution in [1.29, 1.82) is 0 Å². The molecule has 0 amide bonds. The molecule has 0 saturated heterocycles. The quantitative estimate of drug-likeness (QED) is 0.558. The third-order valence-electron chi connectivity index (χ3n) is 4.32. The van der Waals surface area contributed by atoms with Gasteiger partial charge in [0.05, 0.1) is 5.69 Å². The first-order valence-corrected chi connectivity index (χ1v) is 8.60. The van der Waals surface area contributed by atoms with E-state index in [4.69, 9.17) is 0 Å². The van der Waals surface area contributed by atoms with Crippen LogP contribution in [-0.4, -0.2) is 9.78 Å². The summed E-state index contributed by atoms with van der Waals surface area (Å²) in [4.78, 5) is 0. The molecule has 0 fully saturated rings. The Balaban J connectivity index is 2.26. The third kappa shape index (κ3) is 4.58. The normalized spacial score (nSPS) is 10.6. The van der Waals surface area contributed by atoms with E-state index >= 15 is 0 Å². The van der Waals surface area contributed by atoms with E-state index in [0.717, 1.165) is 43.4 Å². The lowest BCUT2D eigenvalue weighted by Crippen LogP contribution is -1.98. The highest BCUT2D eigenvalue weighted by molar-refractivity contribution is 5.65. The number of allylic oxidation sites excluding steroid dienone is 3. The van der Waals surface area contributed by atoms with E-state index in [9.17, 15) is 0 Å². The second-order valence-corrected chi connectivity index (χ2v) is 6.33. The first-order valence-electron chi connectivity index (χ1n) is 8.60. The number of aromatic nitrogens is 2. The predicted molar refractivity (Wildman–Crippen MR) is 104 cm³/mol. The van der Waals surface area contributed by atoms with E-state index in [2.05, 4.69) is 62.2 Å². The van der Waals surface area contributed by atoms with Crippen molar-refractivity contribution in [2.24, 2.45) is 7.05 Å². The van der Waals surface area contributed by atoms with E-state index in [-0.39, 0.29) is 0 Å². The number of hydrogen-bond acceptors (Lipinski definition) is 1. The summed E-state index contributed by atoms with van der Waals surface area (Å²) < 4.78 is 1.89. The third-order valence-corrected chi connectivity index (χ3v) is 4.32. The number of benzene rings is 1. The van der Waals surface area contributed by atoms with Gasteiger partial charge in [-0.15, -0.1) is 6.58 Å². The summed E-state index contributed by atoms with van der Waals surface area (Å²) >= 11 is 0. The number of rotatable bonds is 9. The molecule has 0 aliphatic rings. The summed E-state index contributed by atoms with van der Waals surface area (Å²) in [5.74, 6) is 0. The molecule has 2 heteroatoms. The maximum Gasteiger partial charge on any atom is 0.0915 e. The first-order chi connectivity index (χ1) is 11.5. The Kier molecular flexibility index (Phi) is 6.36. The number of nitrogens with zero attached hydrogens (tertiary/aromatic N) is 2. The molecule has 0 N–H and O–H groups in total. The van der Waals surface area contributed by atoms with Crippen molar-refractivity contribution in [3.8, 4) is 0 Å². The minimum atomic E-state index is 0.818. The zero-order chi connectivity index (χ0) is 17.5. The monoisotopic (exact) mass is 320 g/mol. The molecule has 0 bridgehead atoms. The minimum Gasteiger partial charge on any atom is -0.275 e. The summed E-state index contributed by atoms with van der Waals surface area (Å²) in [6, 6.07) is 8.64. The fourth-order valence-corrected chi connectivity index (χ4v) is 2.91. The Morgan fingerprint density at radius 3 is 2.54 bits per heavy atom. The molecule has 0 aliphatic carbocycles. The van der Waals surface area contributed by atoms with Gasteiger partial charge in [0.2, 0.25) is 0 Å². The lowest BCUT2D eigenvalue weighted by Gasteiger charge is -2.10. The van der Waals surface area contributed by atoms with Gasteiger partial charge < -0.3 is 0 Å². The van der Waals surface area contributed by atoms with Crippen molar-refractivity contribution in [3.63, 3.8) is 0 Å². The van der Waals surface area contributed by atoms with Crippen LogP contribution in [0.1, 0.15) is 48.6 Å². The van der Waals surface area contributed by atoms with Crippen LogP contribution in [0.3, 0.4) is 0 Å². The van der Waals surface area contributed by atoms with Gasteiger partial charge in [-0.2, -0.15) is 5.10 Å². The molecule has 1 aromatic carbocycles. The van der Waals surface area contributed by atoms with E-state index in [1.165, 1.54) is 22.3 Å². The molecule has 0 radical (unpaired) electrons. The molecular weight excluding hydrogens is 292 g/mol. The molecule has 2 aromatic rings. The van der Waals surface area contributed by atoms with Crippen LogP contribution in [0.2, 0.25) is 0 Å². The van der Waals surface area contributed by atoms with Crippen LogP contribution >= 0.6 is 0 Å². The number of hydrogen-bond donors (Lipinski definition) is 0. The minimum absolute atomic E-state index is 0.818. The van der Waals surface area contributed by atoms with E-state index in [1.54, 1.807) is 0 Å². The highest BCUT2D eigenvalue weighted by atomic mass is 15.2. The standard InChI is InChI=1S/C22H28N2/c1-6-8-11-19-12-9-10-13-20(19)15-21-16-24(5)23-22(21)18(4)14-17(3)7-2/h6,9-10,12-13,16H,1,3-4,7-8,11,14-15H2,2,5H3. The summed E-state index contributed by atoms with van der Waals surface area (Å²) in [5.41, 5.74) is 7.25. The molecule has 0 atom stereocenters. The smallest absolute Gasteiger partial charge is 0.0915 e. The first kappa shape index (κ1) is 18.0. The molecule has 0 saturated carbocycles. The fourth-order valence-electron chi connectivity index (χ4n) is 2.91. The van der Waals surface area contributed by atoms with Crippen molar-refractivity contribution in [2.45, 2.75) is 39.0 Å². The Morgan fingerprint density at radius 2 is 1.88 bits per heavy atom. The molecule has 24 heavy (non-hydrogen) atoms. The average Bonchev–Trinajstić information content (AvgIpc) is 2.94. The van der Waals surface area contributed by atoms with Gasteiger partial charge >= 0.3 is 0 Å². The lowest BCUT2D eigenvalue weighted by molar-refractivity contribution is 0.761. The maximum absolute atomic E-state index is 4.65. The van der Waals surface area contributed by atoms with Gasteiger partial charge in [-0.25, -0.2) is 0 Å². The zero-order valence-electron chi connectivity index (χ0n) is 15.0. The van der Waals surface area contributed by atoms with Crippen molar-refractivity contribution < 1.29 is 0 Å². The van der Waals surface area contributed by atoms with Crippen molar-refractivity contribution >= 4 is 5.57 Å². The molecule has 1 heterocycles. The summed E-state index contributed by atoms with van der Waals surface area (Å²) in [5, 5.41) is 4.65. The predicted octanol–water partition coefficient (Wildman–Crippen LogP) is 5.50.